The molecule has 0 saturated heterocycles. The fourth-order valence-corrected chi connectivity index (χ4v) is 2.02. The third kappa shape index (κ3) is 4.91. The van der Waals surface area contributed by atoms with Crippen LogP contribution in [0.25, 0.3) is 0 Å². The minimum Gasteiger partial charge on any atom is -0.479 e. The summed E-state index contributed by atoms with van der Waals surface area (Å²) in [5.41, 5.74) is 2.85. The highest BCUT2D eigenvalue weighted by Gasteiger charge is 2.12. The molecule has 1 N–H and O–H groups in total. The summed E-state index contributed by atoms with van der Waals surface area (Å²) in [4.78, 5) is 26.8. The van der Waals surface area contributed by atoms with Gasteiger partial charge in [-0.2, -0.15) is 0 Å². The lowest BCUT2D eigenvalue weighted by atomic mass is 10.1. The second kappa shape index (κ2) is 8.10. The van der Waals surface area contributed by atoms with Crippen LogP contribution in [0.4, 0.5) is 5.69 Å². The van der Waals surface area contributed by atoms with Gasteiger partial charge in [0.1, 0.15) is 5.75 Å². The third-order valence-electron chi connectivity index (χ3n) is 3.52. The number of benzene rings is 2. The summed E-state index contributed by atoms with van der Waals surface area (Å²) in [7, 11) is 1.33. The van der Waals surface area contributed by atoms with Gasteiger partial charge in [0.2, 0.25) is 0 Å². The molecule has 0 heterocycles. The number of carbonyl (C=O) groups is 2. The first-order chi connectivity index (χ1) is 11.9. The van der Waals surface area contributed by atoms with Gasteiger partial charge in [0.05, 0.1) is 18.4 Å². The molecule has 2 aromatic rings. The Hall–Kier alpha value is -3.15. The van der Waals surface area contributed by atoms with E-state index >= 15 is 0 Å². The number of methoxy groups -OCH3 is 1. The van der Waals surface area contributed by atoms with Crippen molar-refractivity contribution in [3.8, 4) is 5.75 Å². The van der Waals surface area contributed by atoms with Crippen molar-refractivity contribution < 1.29 is 24.2 Å². The number of hydrogen-bond donors (Lipinski definition) is 1. The van der Waals surface area contributed by atoms with E-state index in [2.05, 4.69) is 4.99 Å². The number of rotatable bonds is 6. The summed E-state index contributed by atoms with van der Waals surface area (Å²) in [6.45, 7) is 3.37. The van der Waals surface area contributed by atoms with Gasteiger partial charge in [-0.15, -0.1) is 0 Å². The van der Waals surface area contributed by atoms with Crippen LogP contribution in [0, 0.1) is 6.92 Å². The molecule has 2 rings (SSSR count). The number of carboxylic acid groups (broad SMARTS) is 1. The standard InChI is InChI=1S/C19H19NO5/c1-12-4-7-15(19(23)24-3)10-17(12)20-11-14-5-8-16(9-6-14)25-13(2)18(21)22/h4-11,13H,1-3H3,(H,21,22)/t13-/m1/s1. The molecule has 0 radical (unpaired) electrons. The van der Waals surface area contributed by atoms with Crippen LogP contribution < -0.4 is 4.74 Å². The lowest BCUT2D eigenvalue weighted by Crippen LogP contribution is -2.22. The maximum atomic E-state index is 11.6. The van der Waals surface area contributed by atoms with E-state index < -0.39 is 18.0 Å². The van der Waals surface area contributed by atoms with E-state index in [-0.39, 0.29) is 0 Å². The van der Waals surface area contributed by atoms with Crippen LogP contribution >= 0.6 is 0 Å². The van der Waals surface area contributed by atoms with Gasteiger partial charge in [-0.3, -0.25) is 4.99 Å². The van der Waals surface area contributed by atoms with E-state index in [4.69, 9.17) is 14.6 Å². The third-order valence-corrected chi connectivity index (χ3v) is 3.52. The number of ether oxygens (including phenoxy) is 2. The molecule has 0 aliphatic rings. The Morgan fingerprint density at radius 3 is 2.44 bits per heavy atom. The lowest BCUT2D eigenvalue weighted by molar-refractivity contribution is -0.144. The normalized spacial score (nSPS) is 12.0. The molecule has 0 fully saturated rings. The number of nitrogens with zero attached hydrogens (tertiary/aromatic N) is 1. The molecule has 0 saturated carbocycles. The molecule has 0 bridgehead atoms. The van der Waals surface area contributed by atoms with E-state index in [1.807, 2.05) is 13.0 Å². The molecule has 1 atom stereocenters. The van der Waals surface area contributed by atoms with E-state index in [1.165, 1.54) is 14.0 Å². The quantitative estimate of drug-likeness (QED) is 0.643. The second-order valence-corrected chi connectivity index (χ2v) is 5.42. The van der Waals surface area contributed by atoms with Crippen molar-refractivity contribution in [2.24, 2.45) is 4.99 Å². The van der Waals surface area contributed by atoms with E-state index in [0.29, 0.717) is 17.0 Å². The van der Waals surface area contributed by atoms with Gasteiger partial charge in [-0.1, -0.05) is 6.07 Å². The van der Waals surface area contributed by atoms with Crippen LogP contribution in [0.1, 0.15) is 28.4 Å². The molecule has 25 heavy (non-hydrogen) atoms. The van der Waals surface area contributed by atoms with Gasteiger partial charge < -0.3 is 14.6 Å². The predicted octanol–water partition coefficient (Wildman–Crippen LogP) is 3.38. The minimum absolute atomic E-state index is 0.412. The number of aliphatic imine (C=N–C) groups is 1. The smallest absolute Gasteiger partial charge is 0.344 e. The topological polar surface area (TPSA) is 85.2 Å². The molecule has 0 amide bonds. The van der Waals surface area contributed by atoms with Crippen molar-refractivity contribution >= 4 is 23.8 Å². The zero-order chi connectivity index (χ0) is 18.4. The highest BCUT2D eigenvalue weighted by atomic mass is 16.5. The second-order valence-electron chi connectivity index (χ2n) is 5.42. The van der Waals surface area contributed by atoms with Crippen molar-refractivity contribution in [2.75, 3.05) is 7.11 Å². The predicted molar refractivity (Wildman–Crippen MR) is 93.9 cm³/mol. The maximum absolute atomic E-state index is 11.6. The van der Waals surface area contributed by atoms with Crippen LogP contribution in [-0.4, -0.2) is 36.5 Å². The first-order valence-corrected chi connectivity index (χ1v) is 7.63. The molecule has 0 unspecified atom stereocenters. The minimum atomic E-state index is -1.02. The number of esters is 1. The number of hydrogen-bond acceptors (Lipinski definition) is 5. The van der Waals surface area contributed by atoms with Gasteiger partial charge in [0.25, 0.3) is 0 Å². The van der Waals surface area contributed by atoms with Crippen molar-refractivity contribution in [1.82, 2.24) is 0 Å². The Balaban J connectivity index is 2.14. The van der Waals surface area contributed by atoms with Gasteiger partial charge in [-0.05, 0) is 61.4 Å². The highest BCUT2D eigenvalue weighted by Crippen LogP contribution is 2.21. The SMILES string of the molecule is COC(=O)c1ccc(C)c(N=Cc2ccc(O[C@H](C)C(=O)O)cc2)c1. The van der Waals surface area contributed by atoms with Crippen LogP contribution in [0.5, 0.6) is 5.75 Å². The van der Waals surface area contributed by atoms with E-state index in [0.717, 1.165) is 11.1 Å². The fraction of sp³-hybridized carbons (Fsp3) is 0.211. The molecule has 0 aliphatic heterocycles. The molecule has 0 aromatic heterocycles. The summed E-state index contributed by atoms with van der Waals surface area (Å²) in [6.07, 6.45) is 0.747. The number of carboxylic acids is 1. The van der Waals surface area contributed by atoms with Crippen LogP contribution in [0.3, 0.4) is 0 Å². The number of carbonyl (C=O) groups excluding carboxylic acids is 1. The first-order valence-electron chi connectivity index (χ1n) is 7.63. The summed E-state index contributed by atoms with van der Waals surface area (Å²) in [5, 5.41) is 8.83. The summed E-state index contributed by atoms with van der Waals surface area (Å²) in [6, 6.07) is 12.1. The molecule has 130 valence electrons. The summed E-state index contributed by atoms with van der Waals surface area (Å²) >= 11 is 0. The molecule has 2 aromatic carbocycles. The van der Waals surface area contributed by atoms with Crippen molar-refractivity contribution in [2.45, 2.75) is 20.0 Å². The van der Waals surface area contributed by atoms with Crippen molar-refractivity contribution in [3.05, 3.63) is 59.2 Å². The molecular weight excluding hydrogens is 322 g/mol. The lowest BCUT2D eigenvalue weighted by Gasteiger charge is -2.10. The van der Waals surface area contributed by atoms with Crippen molar-refractivity contribution in [3.63, 3.8) is 0 Å². The van der Waals surface area contributed by atoms with Gasteiger partial charge in [0.15, 0.2) is 6.10 Å². The zero-order valence-electron chi connectivity index (χ0n) is 14.2. The molecule has 6 heteroatoms. The summed E-state index contributed by atoms with van der Waals surface area (Å²) in [5.74, 6) is -0.965. The van der Waals surface area contributed by atoms with Crippen LogP contribution in [0.15, 0.2) is 47.5 Å². The average molecular weight is 341 g/mol. The highest BCUT2D eigenvalue weighted by molar-refractivity contribution is 5.91. The van der Waals surface area contributed by atoms with E-state index in [9.17, 15) is 9.59 Å². The molecule has 0 aliphatic carbocycles. The Labute approximate surface area is 145 Å². The Morgan fingerprint density at radius 1 is 1.16 bits per heavy atom. The van der Waals surface area contributed by atoms with Crippen LogP contribution in [0.2, 0.25) is 0 Å². The Kier molecular flexibility index (Phi) is 5.89. The van der Waals surface area contributed by atoms with Gasteiger partial charge >= 0.3 is 11.9 Å². The first kappa shape index (κ1) is 18.2. The summed E-state index contributed by atoms with van der Waals surface area (Å²) < 4.78 is 9.98. The number of aryl methyl sites for hydroxylation is 1. The zero-order valence-corrected chi connectivity index (χ0v) is 14.2. The van der Waals surface area contributed by atoms with Gasteiger partial charge in [0, 0.05) is 6.21 Å². The fourth-order valence-electron chi connectivity index (χ4n) is 2.02. The largest absolute Gasteiger partial charge is 0.479 e. The molecule has 0 spiro atoms. The van der Waals surface area contributed by atoms with E-state index in [1.54, 1.807) is 42.6 Å². The monoisotopic (exact) mass is 341 g/mol. The molecular formula is C19H19NO5. The Bertz CT molecular complexity index is 796. The van der Waals surface area contributed by atoms with Crippen LogP contribution in [-0.2, 0) is 9.53 Å². The molecule has 6 nitrogen and oxygen atoms in total. The maximum Gasteiger partial charge on any atom is 0.344 e. The number of aliphatic carboxylic acids is 1. The Morgan fingerprint density at radius 2 is 1.84 bits per heavy atom. The van der Waals surface area contributed by atoms with Crippen molar-refractivity contribution in [1.29, 1.82) is 0 Å². The average Bonchev–Trinajstić information content (AvgIpc) is 2.61. The van der Waals surface area contributed by atoms with Gasteiger partial charge in [-0.25, -0.2) is 9.59 Å².